The summed E-state index contributed by atoms with van der Waals surface area (Å²) in [7, 11) is 0. The Morgan fingerprint density at radius 2 is 1.68 bits per heavy atom. The Morgan fingerprint density at radius 1 is 1.06 bits per heavy atom. The molecule has 0 radical (unpaired) electrons. The fourth-order valence-electron chi connectivity index (χ4n) is 3.00. The van der Waals surface area contributed by atoms with Gasteiger partial charge >= 0.3 is 6.03 Å². The highest BCUT2D eigenvalue weighted by molar-refractivity contribution is 6.35. The number of ketones is 1. The van der Waals surface area contributed by atoms with Gasteiger partial charge in [0.2, 0.25) is 0 Å². The summed E-state index contributed by atoms with van der Waals surface area (Å²) < 4.78 is 0. The van der Waals surface area contributed by atoms with E-state index in [2.05, 4.69) is 15.6 Å². The molecule has 0 spiro atoms. The van der Waals surface area contributed by atoms with Crippen LogP contribution < -0.4 is 16.4 Å². The molecule has 0 heterocycles. The lowest BCUT2D eigenvalue weighted by Gasteiger charge is -2.18. The lowest BCUT2D eigenvalue weighted by molar-refractivity contribution is -0.118. The Balaban J connectivity index is 2.07. The Kier molecular flexibility index (Phi) is 9.78. The fraction of sp³-hybridized carbons (Fsp3) is 0.318. The molecular weight excluding hydrogens is 459 g/mol. The van der Waals surface area contributed by atoms with Crippen molar-refractivity contribution in [3.63, 3.8) is 0 Å². The van der Waals surface area contributed by atoms with E-state index >= 15 is 0 Å². The van der Waals surface area contributed by atoms with Gasteiger partial charge in [0.1, 0.15) is 6.04 Å². The van der Waals surface area contributed by atoms with Crippen molar-refractivity contribution >= 4 is 58.5 Å². The lowest BCUT2D eigenvalue weighted by Crippen LogP contribution is -2.35. The molecule has 0 aliphatic heterocycles. The molecule has 9 heteroatoms. The quantitative estimate of drug-likeness (QED) is 0.421. The first kappa shape index (κ1) is 25.1. The van der Waals surface area contributed by atoms with Gasteiger partial charge in [-0.1, -0.05) is 46.9 Å². The molecule has 3 atom stereocenters. The molecule has 0 saturated carbocycles. The van der Waals surface area contributed by atoms with Crippen molar-refractivity contribution < 1.29 is 9.59 Å². The minimum Gasteiger partial charge on any atom is -0.337 e. The van der Waals surface area contributed by atoms with E-state index in [1.807, 2.05) is 12.1 Å². The Morgan fingerprint density at radius 3 is 2.23 bits per heavy atom. The van der Waals surface area contributed by atoms with Gasteiger partial charge in [-0.25, -0.2) is 4.79 Å². The first-order valence-corrected chi connectivity index (χ1v) is 10.8. The van der Waals surface area contributed by atoms with Crippen LogP contribution in [0.1, 0.15) is 31.7 Å². The largest absolute Gasteiger partial charge is 0.337 e. The van der Waals surface area contributed by atoms with E-state index in [1.165, 1.54) is 6.92 Å². The second-order valence-electron chi connectivity index (χ2n) is 7.22. The average Bonchev–Trinajstić information content (AvgIpc) is 2.66. The summed E-state index contributed by atoms with van der Waals surface area (Å²) in [6, 6.07) is 10.8. The number of hydrogen-bond donors (Lipinski definition) is 3. The van der Waals surface area contributed by atoms with Gasteiger partial charge in [-0.3, -0.25) is 9.79 Å². The van der Waals surface area contributed by atoms with Crippen molar-refractivity contribution in [2.45, 2.75) is 38.3 Å². The second kappa shape index (κ2) is 12.1. The number of rotatable bonds is 9. The van der Waals surface area contributed by atoms with E-state index in [-0.39, 0.29) is 17.7 Å². The highest BCUT2D eigenvalue weighted by atomic mass is 35.5. The van der Waals surface area contributed by atoms with Crippen LogP contribution in [0.4, 0.5) is 10.5 Å². The van der Waals surface area contributed by atoms with Crippen LogP contribution >= 0.6 is 34.8 Å². The maximum atomic E-state index is 12.4. The van der Waals surface area contributed by atoms with E-state index < -0.39 is 12.1 Å². The zero-order valence-corrected chi connectivity index (χ0v) is 19.5. The van der Waals surface area contributed by atoms with Gasteiger partial charge < -0.3 is 16.4 Å². The monoisotopic (exact) mass is 482 g/mol. The van der Waals surface area contributed by atoms with Crippen molar-refractivity contribution in [1.82, 2.24) is 5.32 Å². The molecule has 0 saturated heterocycles. The first-order chi connectivity index (χ1) is 14.7. The molecule has 2 aromatic carbocycles. The zero-order valence-electron chi connectivity index (χ0n) is 17.2. The van der Waals surface area contributed by atoms with Crippen molar-refractivity contribution in [1.29, 1.82) is 0 Å². The number of amides is 2. The van der Waals surface area contributed by atoms with Crippen molar-refractivity contribution in [2.24, 2.45) is 10.7 Å². The highest BCUT2D eigenvalue weighted by Crippen LogP contribution is 2.23. The van der Waals surface area contributed by atoms with Crippen LogP contribution in [-0.4, -0.2) is 36.7 Å². The number of halogens is 3. The van der Waals surface area contributed by atoms with Crippen LogP contribution in [0.3, 0.4) is 0 Å². The van der Waals surface area contributed by atoms with Gasteiger partial charge in [0.25, 0.3) is 0 Å². The lowest BCUT2D eigenvalue weighted by atomic mass is 9.96. The van der Waals surface area contributed by atoms with Crippen molar-refractivity contribution in [2.75, 3.05) is 11.9 Å². The molecule has 2 rings (SSSR count). The molecule has 0 bridgehead atoms. The van der Waals surface area contributed by atoms with Crippen molar-refractivity contribution in [3.8, 4) is 0 Å². The number of carbonyl (C=O) groups is 2. The Labute approximate surface area is 197 Å². The number of aliphatic imine (C=N–C) groups is 1. The number of anilines is 1. The van der Waals surface area contributed by atoms with Crippen molar-refractivity contribution in [3.05, 3.63) is 63.1 Å². The molecule has 2 aromatic rings. The third-order valence-electron chi connectivity index (χ3n) is 4.54. The molecule has 3 unspecified atom stereocenters. The minimum absolute atomic E-state index is 0.0876. The van der Waals surface area contributed by atoms with E-state index in [9.17, 15) is 9.59 Å². The Bertz CT molecular complexity index is 913. The van der Waals surface area contributed by atoms with E-state index in [0.29, 0.717) is 33.7 Å². The van der Waals surface area contributed by atoms with Gasteiger partial charge in [-0.05, 0) is 56.2 Å². The smallest absolute Gasteiger partial charge is 0.319 e. The maximum Gasteiger partial charge on any atom is 0.319 e. The maximum absolute atomic E-state index is 12.4. The number of nitrogens with two attached hydrogens (primary N) is 1. The number of hydrogen-bond acceptors (Lipinski definition) is 4. The van der Waals surface area contributed by atoms with Gasteiger partial charge in [-0.15, -0.1) is 0 Å². The van der Waals surface area contributed by atoms with Gasteiger partial charge in [0.15, 0.2) is 5.78 Å². The van der Waals surface area contributed by atoms with Crippen LogP contribution in [0.15, 0.2) is 47.5 Å². The molecule has 0 fully saturated rings. The van der Waals surface area contributed by atoms with Gasteiger partial charge in [0, 0.05) is 45.5 Å². The third kappa shape index (κ3) is 8.50. The number of nitrogens with one attached hydrogen (secondary N) is 2. The first-order valence-electron chi connectivity index (χ1n) is 9.69. The predicted molar refractivity (Wildman–Crippen MR) is 129 cm³/mol. The SMILES string of the molecule is CC(=O)C(N=CCC(CNC(=O)Nc1cc(Cl)cc(Cl)c1)c1ccc(Cl)cc1)C(C)N. The number of carbonyl (C=O) groups excluding carboxylic acids is 2. The average molecular weight is 484 g/mol. The molecule has 31 heavy (non-hydrogen) atoms. The van der Waals surface area contributed by atoms with Crippen LogP contribution in [0.25, 0.3) is 0 Å². The normalized spacial score (nSPS) is 14.1. The molecule has 6 nitrogen and oxygen atoms in total. The molecule has 0 aromatic heterocycles. The molecular formula is C22H25Cl3N4O2. The third-order valence-corrected chi connectivity index (χ3v) is 5.23. The number of benzene rings is 2. The minimum atomic E-state index is -0.588. The van der Waals surface area contributed by atoms with Crippen LogP contribution in [0.2, 0.25) is 15.1 Å². The van der Waals surface area contributed by atoms with E-state index in [1.54, 1.807) is 43.5 Å². The number of nitrogens with zero attached hydrogens (tertiary/aromatic N) is 1. The molecule has 4 N–H and O–H groups in total. The molecule has 166 valence electrons. The van der Waals surface area contributed by atoms with Gasteiger partial charge in [0.05, 0.1) is 0 Å². The highest BCUT2D eigenvalue weighted by Gasteiger charge is 2.18. The number of Topliss-reactive ketones (excluding diaryl/α,β-unsaturated/α-hetero) is 1. The van der Waals surface area contributed by atoms with Gasteiger partial charge in [-0.2, -0.15) is 0 Å². The molecule has 0 aliphatic rings. The van der Waals surface area contributed by atoms with Crippen LogP contribution in [0.5, 0.6) is 0 Å². The summed E-state index contributed by atoms with van der Waals surface area (Å²) in [5, 5.41) is 7.02. The number of urea groups is 1. The van der Waals surface area contributed by atoms with Crippen LogP contribution in [-0.2, 0) is 4.79 Å². The molecule has 2 amide bonds. The van der Waals surface area contributed by atoms with E-state index in [4.69, 9.17) is 40.5 Å². The Hall–Kier alpha value is -2.12. The molecule has 0 aliphatic carbocycles. The summed E-state index contributed by atoms with van der Waals surface area (Å²) in [5.74, 6) is -0.178. The summed E-state index contributed by atoms with van der Waals surface area (Å²) in [5.41, 5.74) is 7.30. The predicted octanol–water partition coefficient (Wildman–Crippen LogP) is 5.32. The topological polar surface area (TPSA) is 96.6 Å². The second-order valence-corrected chi connectivity index (χ2v) is 8.53. The summed E-state index contributed by atoms with van der Waals surface area (Å²) in [4.78, 5) is 28.4. The summed E-state index contributed by atoms with van der Waals surface area (Å²) in [6.07, 6.45) is 2.19. The summed E-state index contributed by atoms with van der Waals surface area (Å²) >= 11 is 17.9. The zero-order chi connectivity index (χ0) is 23.0. The van der Waals surface area contributed by atoms with E-state index in [0.717, 1.165) is 5.56 Å². The van der Waals surface area contributed by atoms with Crippen LogP contribution in [0, 0.1) is 0 Å². The standard InChI is InChI=1S/C22H25Cl3N4O2/c1-13(26)21(14(2)30)27-8-7-16(15-3-5-17(23)6-4-15)12-28-22(31)29-20-10-18(24)9-19(25)11-20/h3-6,8-11,13,16,21H,7,12,26H2,1-2H3,(H2,28,29,31). The summed E-state index contributed by atoms with van der Waals surface area (Å²) in [6.45, 7) is 3.54. The fourth-order valence-corrected chi connectivity index (χ4v) is 3.65.